The molecule has 1 amide bonds. The van der Waals surface area contributed by atoms with Gasteiger partial charge in [-0.05, 0) is 36.4 Å². The summed E-state index contributed by atoms with van der Waals surface area (Å²) < 4.78 is 7.10. The van der Waals surface area contributed by atoms with Gasteiger partial charge in [0.25, 0.3) is 5.91 Å². The quantitative estimate of drug-likeness (QED) is 0.804. The molecule has 22 heavy (non-hydrogen) atoms. The molecule has 1 heterocycles. The van der Waals surface area contributed by atoms with Crippen molar-refractivity contribution in [3.8, 4) is 11.4 Å². The zero-order chi connectivity index (χ0) is 15.4. The van der Waals surface area contributed by atoms with Crippen LogP contribution in [-0.2, 0) is 0 Å². The van der Waals surface area contributed by atoms with E-state index in [2.05, 4.69) is 10.3 Å². The Bertz CT molecular complexity index is 765. The molecule has 0 radical (unpaired) electrons. The van der Waals surface area contributed by atoms with Crippen molar-refractivity contribution in [3.05, 3.63) is 72.8 Å². The molecule has 110 valence electrons. The molecule has 5 heteroatoms. The Morgan fingerprint density at radius 1 is 1.14 bits per heavy atom. The second kappa shape index (κ2) is 6.13. The maximum Gasteiger partial charge on any atom is 0.255 e. The molecule has 0 aliphatic rings. The normalized spacial score (nSPS) is 10.2. The standard InChI is InChI=1S/C17H15N3O2/c1-22-16-5-3-2-4-15(16)19-17(21)13-6-8-14(9-7-13)20-11-10-18-12-20/h2-12H,1H3,(H,19,21). The average molecular weight is 293 g/mol. The molecule has 0 unspecified atom stereocenters. The molecule has 0 saturated carbocycles. The lowest BCUT2D eigenvalue weighted by Gasteiger charge is -2.10. The summed E-state index contributed by atoms with van der Waals surface area (Å²) in [7, 11) is 1.57. The molecule has 0 spiro atoms. The minimum atomic E-state index is -0.179. The average Bonchev–Trinajstić information content (AvgIpc) is 3.10. The summed E-state index contributed by atoms with van der Waals surface area (Å²) in [5.74, 6) is 0.451. The Hall–Kier alpha value is -3.08. The van der Waals surface area contributed by atoms with E-state index in [1.807, 2.05) is 35.0 Å². The van der Waals surface area contributed by atoms with Gasteiger partial charge in [0, 0.05) is 23.6 Å². The highest BCUT2D eigenvalue weighted by Gasteiger charge is 2.09. The Morgan fingerprint density at radius 2 is 1.91 bits per heavy atom. The van der Waals surface area contributed by atoms with Crippen LogP contribution in [-0.4, -0.2) is 22.6 Å². The minimum Gasteiger partial charge on any atom is -0.495 e. The van der Waals surface area contributed by atoms with Crippen LogP contribution < -0.4 is 10.1 Å². The lowest BCUT2D eigenvalue weighted by Crippen LogP contribution is -2.12. The molecule has 5 nitrogen and oxygen atoms in total. The summed E-state index contributed by atoms with van der Waals surface area (Å²) in [4.78, 5) is 16.3. The number of nitrogens with zero attached hydrogens (tertiary/aromatic N) is 2. The maximum absolute atomic E-state index is 12.3. The molecule has 1 N–H and O–H groups in total. The molecule has 0 fully saturated rings. The number of carbonyl (C=O) groups excluding carboxylic acids is 1. The Labute approximate surface area is 128 Å². The highest BCUT2D eigenvalue weighted by molar-refractivity contribution is 6.05. The molecular weight excluding hydrogens is 278 g/mol. The van der Waals surface area contributed by atoms with Gasteiger partial charge in [-0.25, -0.2) is 4.98 Å². The van der Waals surface area contributed by atoms with Crippen LogP contribution >= 0.6 is 0 Å². The minimum absolute atomic E-state index is 0.179. The van der Waals surface area contributed by atoms with E-state index in [4.69, 9.17) is 4.74 Å². The van der Waals surface area contributed by atoms with Crippen LogP contribution in [0.4, 0.5) is 5.69 Å². The first-order valence-electron chi connectivity index (χ1n) is 6.80. The number of para-hydroxylation sites is 2. The molecule has 0 aliphatic carbocycles. The first-order valence-corrected chi connectivity index (χ1v) is 6.80. The van der Waals surface area contributed by atoms with E-state index < -0.39 is 0 Å². The number of aromatic nitrogens is 2. The van der Waals surface area contributed by atoms with E-state index in [0.717, 1.165) is 5.69 Å². The number of hydrogen-bond donors (Lipinski definition) is 1. The highest BCUT2D eigenvalue weighted by Crippen LogP contribution is 2.23. The van der Waals surface area contributed by atoms with Crippen molar-refractivity contribution in [1.82, 2.24) is 9.55 Å². The molecular formula is C17H15N3O2. The van der Waals surface area contributed by atoms with Crippen LogP contribution in [0.2, 0.25) is 0 Å². The predicted octanol–water partition coefficient (Wildman–Crippen LogP) is 3.13. The van der Waals surface area contributed by atoms with Crippen molar-refractivity contribution in [1.29, 1.82) is 0 Å². The third-order valence-electron chi connectivity index (χ3n) is 3.29. The number of amides is 1. The first kappa shape index (κ1) is 13.9. The number of ether oxygens (including phenoxy) is 1. The van der Waals surface area contributed by atoms with Gasteiger partial charge in [0.1, 0.15) is 5.75 Å². The summed E-state index contributed by atoms with van der Waals surface area (Å²) in [5, 5.41) is 2.85. The molecule has 0 aliphatic heterocycles. The summed E-state index contributed by atoms with van der Waals surface area (Å²) in [5.41, 5.74) is 2.18. The zero-order valence-electron chi connectivity index (χ0n) is 12.1. The van der Waals surface area contributed by atoms with Crippen LogP contribution in [0, 0.1) is 0 Å². The van der Waals surface area contributed by atoms with Gasteiger partial charge < -0.3 is 14.6 Å². The van der Waals surface area contributed by atoms with Gasteiger partial charge in [0.2, 0.25) is 0 Å². The molecule has 2 aromatic carbocycles. The fraction of sp³-hybridized carbons (Fsp3) is 0.0588. The third kappa shape index (κ3) is 2.83. The number of benzene rings is 2. The topological polar surface area (TPSA) is 56.1 Å². The summed E-state index contributed by atoms with van der Waals surface area (Å²) >= 11 is 0. The monoisotopic (exact) mass is 293 g/mol. The van der Waals surface area contributed by atoms with Crippen LogP contribution in [0.5, 0.6) is 5.75 Å². The van der Waals surface area contributed by atoms with Crippen molar-refractivity contribution in [2.24, 2.45) is 0 Å². The zero-order valence-corrected chi connectivity index (χ0v) is 12.1. The van der Waals surface area contributed by atoms with E-state index in [1.165, 1.54) is 0 Å². The van der Waals surface area contributed by atoms with E-state index in [1.54, 1.807) is 43.9 Å². The van der Waals surface area contributed by atoms with Gasteiger partial charge in [-0.15, -0.1) is 0 Å². The molecule has 3 aromatic rings. The number of methoxy groups -OCH3 is 1. The summed E-state index contributed by atoms with van der Waals surface area (Å²) in [6, 6.07) is 14.6. The van der Waals surface area contributed by atoms with Crippen molar-refractivity contribution in [2.75, 3.05) is 12.4 Å². The Balaban J connectivity index is 1.78. The fourth-order valence-electron chi connectivity index (χ4n) is 2.14. The van der Waals surface area contributed by atoms with Crippen molar-refractivity contribution in [3.63, 3.8) is 0 Å². The second-order valence-electron chi connectivity index (χ2n) is 4.67. The van der Waals surface area contributed by atoms with E-state index >= 15 is 0 Å². The maximum atomic E-state index is 12.3. The third-order valence-corrected chi connectivity index (χ3v) is 3.29. The number of nitrogens with one attached hydrogen (secondary N) is 1. The van der Waals surface area contributed by atoms with Gasteiger partial charge in [-0.1, -0.05) is 12.1 Å². The smallest absolute Gasteiger partial charge is 0.255 e. The van der Waals surface area contributed by atoms with Gasteiger partial charge in [-0.2, -0.15) is 0 Å². The van der Waals surface area contributed by atoms with E-state index in [9.17, 15) is 4.79 Å². The van der Waals surface area contributed by atoms with Crippen LogP contribution in [0.25, 0.3) is 5.69 Å². The van der Waals surface area contributed by atoms with E-state index in [0.29, 0.717) is 17.0 Å². The molecule has 0 saturated heterocycles. The second-order valence-corrected chi connectivity index (χ2v) is 4.67. The Morgan fingerprint density at radius 3 is 2.59 bits per heavy atom. The molecule has 0 bridgehead atoms. The van der Waals surface area contributed by atoms with Crippen molar-refractivity contribution in [2.45, 2.75) is 0 Å². The molecule has 1 aromatic heterocycles. The largest absolute Gasteiger partial charge is 0.495 e. The number of carbonyl (C=O) groups is 1. The summed E-state index contributed by atoms with van der Waals surface area (Å²) in [6.45, 7) is 0. The van der Waals surface area contributed by atoms with Gasteiger partial charge in [-0.3, -0.25) is 4.79 Å². The van der Waals surface area contributed by atoms with Crippen molar-refractivity contribution < 1.29 is 9.53 Å². The SMILES string of the molecule is COc1ccccc1NC(=O)c1ccc(-n2ccnc2)cc1. The van der Waals surface area contributed by atoms with Gasteiger partial charge in [0.15, 0.2) is 0 Å². The fourth-order valence-corrected chi connectivity index (χ4v) is 2.14. The number of imidazole rings is 1. The van der Waals surface area contributed by atoms with Gasteiger partial charge in [0.05, 0.1) is 19.1 Å². The van der Waals surface area contributed by atoms with E-state index in [-0.39, 0.29) is 5.91 Å². The van der Waals surface area contributed by atoms with Crippen molar-refractivity contribution >= 4 is 11.6 Å². The lowest BCUT2D eigenvalue weighted by molar-refractivity contribution is 0.102. The van der Waals surface area contributed by atoms with Crippen LogP contribution in [0.3, 0.4) is 0 Å². The molecule has 3 rings (SSSR count). The highest BCUT2D eigenvalue weighted by atomic mass is 16.5. The Kier molecular flexibility index (Phi) is 3.87. The number of hydrogen-bond acceptors (Lipinski definition) is 3. The predicted molar refractivity (Wildman–Crippen MR) is 84.5 cm³/mol. The first-order chi connectivity index (χ1) is 10.8. The summed E-state index contributed by atoms with van der Waals surface area (Å²) in [6.07, 6.45) is 5.27. The number of anilines is 1. The lowest BCUT2D eigenvalue weighted by atomic mass is 10.2. The van der Waals surface area contributed by atoms with Crippen LogP contribution in [0.15, 0.2) is 67.3 Å². The number of rotatable bonds is 4. The van der Waals surface area contributed by atoms with Crippen LogP contribution in [0.1, 0.15) is 10.4 Å². The molecule has 0 atom stereocenters. The van der Waals surface area contributed by atoms with Gasteiger partial charge >= 0.3 is 0 Å².